The first-order chi connectivity index (χ1) is 10.2. The van der Waals surface area contributed by atoms with Crippen LogP contribution >= 0.6 is 0 Å². The molecule has 1 N–H and O–H groups in total. The molecule has 2 heterocycles. The van der Waals surface area contributed by atoms with Crippen LogP contribution in [0.25, 0.3) is 10.9 Å². The Morgan fingerprint density at radius 3 is 2.81 bits per heavy atom. The molecule has 0 aliphatic heterocycles. The summed E-state index contributed by atoms with van der Waals surface area (Å²) in [7, 11) is 1.73. The Kier molecular flexibility index (Phi) is 3.69. The van der Waals surface area contributed by atoms with Gasteiger partial charge in [-0.05, 0) is 42.2 Å². The average Bonchev–Trinajstić information content (AvgIpc) is 3.12. The maximum absolute atomic E-state index is 5.55. The fourth-order valence-electron chi connectivity index (χ4n) is 2.59. The number of aryl methyl sites for hydroxylation is 2. The summed E-state index contributed by atoms with van der Waals surface area (Å²) in [5, 5.41) is 5.45. The number of rotatable bonds is 5. The molecule has 110 valence electrons. The van der Waals surface area contributed by atoms with E-state index in [2.05, 4.69) is 42.1 Å². The van der Waals surface area contributed by atoms with Gasteiger partial charge in [0.15, 0.2) is 0 Å². The number of ether oxygens (including phenoxy) is 1. The zero-order chi connectivity index (χ0) is 14.8. The first-order valence-electron chi connectivity index (χ1n) is 7.34. The van der Waals surface area contributed by atoms with Gasteiger partial charge in [0, 0.05) is 35.5 Å². The fraction of sp³-hybridized carbons (Fsp3) is 0.353. The molecule has 0 saturated heterocycles. The number of benzene rings is 1. The molecule has 0 spiro atoms. The average molecular weight is 283 g/mol. The van der Waals surface area contributed by atoms with E-state index in [4.69, 9.17) is 4.74 Å². The second kappa shape index (κ2) is 5.64. The molecule has 0 bridgehead atoms. The van der Waals surface area contributed by atoms with Crippen molar-refractivity contribution in [3.63, 3.8) is 0 Å². The number of hydrogen-bond donors (Lipinski definition) is 1. The van der Waals surface area contributed by atoms with Crippen molar-refractivity contribution >= 4 is 10.9 Å². The molecule has 21 heavy (non-hydrogen) atoms. The third-order valence-corrected chi connectivity index (χ3v) is 3.83. The van der Waals surface area contributed by atoms with Crippen molar-refractivity contribution in [2.24, 2.45) is 0 Å². The molecule has 2 aromatic heterocycles. The summed E-state index contributed by atoms with van der Waals surface area (Å²) in [6, 6.07) is 8.47. The predicted octanol–water partition coefficient (Wildman–Crippen LogP) is 3.74. The minimum atomic E-state index is 0.496. The molecule has 3 aromatic rings. The van der Waals surface area contributed by atoms with Gasteiger partial charge in [0.25, 0.3) is 0 Å². The van der Waals surface area contributed by atoms with Gasteiger partial charge in [0.05, 0.1) is 7.11 Å². The Hall–Kier alpha value is -2.23. The van der Waals surface area contributed by atoms with Crippen LogP contribution < -0.4 is 4.74 Å². The van der Waals surface area contributed by atoms with E-state index in [9.17, 15) is 0 Å². The van der Waals surface area contributed by atoms with Crippen LogP contribution in [0.2, 0.25) is 0 Å². The lowest BCUT2D eigenvalue weighted by molar-refractivity contribution is 0.408. The van der Waals surface area contributed by atoms with E-state index in [-0.39, 0.29) is 0 Å². The Morgan fingerprint density at radius 1 is 1.29 bits per heavy atom. The molecule has 0 atom stereocenters. The monoisotopic (exact) mass is 283 g/mol. The van der Waals surface area contributed by atoms with Crippen molar-refractivity contribution in [1.82, 2.24) is 14.8 Å². The number of nitrogens with one attached hydrogen (secondary N) is 1. The third kappa shape index (κ3) is 2.79. The lowest BCUT2D eigenvalue weighted by atomic mass is 10.1. The van der Waals surface area contributed by atoms with Crippen LogP contribution in [0.5, 0.6) is 5.75 Å². The highest BCUT2D eigenvalue weighted by Gasteiger charge is 2.10. The second-order valence-corrected chi connectivity index (χ2v) is 5.65. The Labute approximate surface area is 124 Å². The molecule has 3 rings (SSSR count). The van der Waals surface area contributed by atoms with Crippen molar-refractivity contribution in [1.29, 1.82) is 0 Å². The van der Waals surface area contributed by atoms with Gasteiger partial charge in [-0.1, -0.05) is 13.8 Å². The number of fused-ring (bicyclic) bond motifs is 1. The standard InChI is InChI=1S/C17H21N3O/c1-12(2)15-10-14-11-17(21-3)13(9-16(14)19-15)5-8-20-7-4-6-18-20/h4,6-7,9-12,19H,5,8H2,1-3H3. The van der Waals surface area contributed by atoms with Gasteiger partial charge in [-0.3, -0.25) is 4.68 Å². The Balaban J connectivity index is 1.92. The van der Waals surface area contributed by atoms with E-state index in [0.29, 0.717) is 5.92 Å². The molecule has 0 unspecified atom stereocenters. The number of aromatic amines is 1. The van der Waals surface area contributed by atoms with Gasteiger partial charge >= 0.3 is 0 Å². The summed E-state index contributed by atoms with van der Waals surface area (Å²) >= 11 is 0. The Bertz CT molecular complexity index is 726. The molecule has 4 nitrogen and oxygen atoms in total. The number of methoxy groups -OCH3 is 1. The maximum atomic E-state index is 5.55. The van der Waals surface area contributed by atoms with E-state index < -0.39 is 0 Å². The van der Waals surface area contributed by atoms with Gasteiger partial charge in [-0.15, -0.1) is 0 Å². The molecule has 0 aliphatic rings. The molecule has 0 radical (unpaired) electrons. The van der Waals surface area contributed by atoms with Crippen molar-refractivity contribution < 1.29 is 4.74 Å². The smallest absolute Gasteiger partial charge is 0.122 e. The molecule has 0 aliphatic carbocycles. The molecular weight excluding hydrogens is 262 g/mol. The van der Waals surface area contributed by atoms with Crippen molar-refractivity contribution in [2.45, 2.75) is 32.7 Å². The molecule has 1 aromatic carbocycles. The predicted molar refractivity (Wildman–Crippen MR) is 84.9 cm³/mol. The SMILES string of the molecule is COc1cc2cc(C(C)C)[nH]c2cc1CCn1cccn1. The van der Waals surface area contributed by atoms with E-state index >= 15 is 0 Å². The molecule has 0 fully saturated rings. The first-order valence-corrected chi connectivity index (χ1v) is 7.34. The largest absolute Gasteiger partial charge is 0.496 e. The van der Waals surface area contributed by atoms with E-state index in [1.54, 1.807) is 13.3 Å². The summed E-state index contributed by atoms with van der Waals surface area (Å²) in [6.07, 6.45) is 4.69. The number of hydrogen-bond acceptors (Lipinski definition) is 2. The van der Waals surface area contributed by atoms with Crippen molar-refractivity contribution in [2.75, 3.05) is 7.11 Å². The van der Waals surface area contributed by atoms with Gasteiger partial charge in [-0.2, -0.15) is 5.10 Å². The summed E-state index contributed by atoms with van der Waals surface area (Å²) in [6.45, 7) is 5.24. The van der Waals surface area contributed by atoms with E-state index in [1.807, 2.05) is 16.9 Å². The van der Waals surface area contributed by atoms with Gasteiger partial charge in [-0.25, -0.2) is 0 Å². The van der Waals surface area contributed by atoms with Crippen LogP contribution in [-0.2, 0) is 13.0 Å². The highest BCUT2D eigenvalue weighted by Crippen LogP contribution is 2.29. The summed E-state index contributed by atoms with van der Waals surface area (Å²) in [5.74, 6) is 1.44. The van der Waals surface area contributed by atoms with Crippen LogP contribution in [0.3, 0.4) is 0 Å². The molecule has 0 saturated carbocycles. The van der Waals surface area contributed by atoms with Crippen LogP contribution in [-0.4, -0.2) is 21.9 Å². The minimum absolute atomic E-state index is 0.496. The zero-order valence-electron chi connectivity index (χ0n) is 12.8. The quantitative estimate of drug-likeness (QED) is 0.775. The second-order valence-electron chi connectivity index (χ2n) is 5.65. The molecular formula is C17H21N3O. The highest BCUT2D eigenvalue weighted by atomic mass is 16.5. The van der Waals surface area contributed by atoms with Crippen LogP contribution in [0, 0.1) is 0 Å². The van der Waals surface area contributed by atoms with Crippen LogP contribution in [0.15, 0.2) is 36.7 Å². The lowest BCUT2D eigenvalue weighted by Crippen LogP contribution is -2.03. The number of nitrogens with zero attached hydrogens (tertiary/aromatic N) is 2. The maximum Gasteiger partial charge on any atom is 0.122 e. The highest BCUT2D eigenvalue weighted by molar-refractivity contribution is 5.83. The number of aromatic nitrogens is 3. The molecule has 4 heteroatoms. The zero-order valence-corrected chi connectivity index (χ0v) is 12.8. The van der Waals surface area contributed by atoms with Crippen LogP contribution in [0.1, 0.15) is 31.0 Å². The van der Waals surface area contributed by atoms with Crippen molar-refractivity contribution in [3.05, 3.63) is 47.9 Å². The minimum Gasteiger partial charge on any atom is -0.496 e. The molecule has 0 amide bonds. The normalized spacial score (nSPS) is 11.4. The Morgan fingerprint density at radius 2 is 2.14 bits per heavy atom. The summed E-state index contributed by atoms with van der Waals surface area (Å²) in [4.78, 5) is 3.50. The first kappa shape index (κ1) is 13.7. The fourth-order valence-corrected chi connectivity index (χ4v) is 2.59. The summed E-state index contributed by atoms with van der Waals surface area (Å²) in [5.41, 5.74) is 3.64. The van der Waals surface area contributed by atoms with Crippen molar-refractivity contribution in [3.8, 4) is 5.75 Å². The lowest BCUT2D eigenvalue weighted by Gasteiger charge is -2.09. The summed E-state index contributed by atoms with van der Waals surface area (Å²) < 4.78 is 7.49. The van der Waals surface area contributed by atoms with Crippen LogP contribution in [0.4, 0.5) is 0 Å². The van der Waals surface area contributed by atoms with Gasteiger partial charge < -0.3 is 9.72 Å². The van der Waals surface area contributed by atoms with Gasteiger partial charge in [0.2, 0.25) is 0 Å². The topological polar surface area (TPSA) is 42.8 Å². The van der Waals surface area contributed by atoms with E-state index in [0.717, 1.165) is 18.7 Å². The third-order valence-electron chi connectivity index (χ3n) is 3.83. The van der Waals surface area contributed by atoms with E-state index in [1.165, 1.54) is 22.2 Å². The number of H-pyrrole nitrogens is 1. The van der Waals surface area contributed by atoms with Gasteiger partial charge in [0.1, 0.15) is 5.75 Å².